The zero-order valence-electron chi connectivity index (χ0n) is 13.0. The van der Waals surface area contributed by atoms with Crippen molar-refractivity contribution < 1.29 is 4.79 Å². The highest BCUT2D eigenvalue weighted by atomic mass is 16.1. The Morgan fingerprint density at radius 2 is 1.95 bits per heavy atom. The average Bonchev–Trinajstić information content (AvgIpc) is 2.96. The molecule has 0 aliphatic rings. The fraction of sp³-hybridized carbons (Fsp3) is 0.278. The molecule has 114 valence electrons. The highest BCUT2D eigenvalue weighted by Gasteiger charge is 2.10. The van der Waals surface area contributed by atoms with E-state index in [1.54, 1.807) is 0 Å². The van der Waals surface area contributed by atoms with E-state index in [1.165, 1.54) is 10.8 Å². The van der Waals surface area contributed by atoms with Crippen LogP contribution in [0.1, 0.15) is 16.9 Å². The summed E-state index contributed by atoms with van der Waals surface area (Å²) >= 11 is 0. The molecule has 0 unspecified atom stereocenters. The first-order valence-electron chi connectivity index (χ1n) is 7.58. The number of fused-ring (bicyclic) bond motifs is 3. The maximum Gasteiger partial charge on any atom is 0.267 e. The predicted octanol–water partition coefficient (Wildman–Crippen LogP) is 3.00. The number of rotatable bonds is 5. The molecule has 0 spiro atoms. The SMILES string of the molecule is CN(C)CCCNC(=O)c1cc2c(ccc3ccccc32)[nH]1. The van der Waals surface area contributed by atoms with Gasteiger partial charge in [0, 0.05) is 17.4 Å². The summed E-state index contributed by atoms with van der Waals surface area (Å²) in [6.45, 7) is 1.66. The van der Waals surface area contributed by atoms with E-state index in [9.17, 15) is 4.79 Å². The Balaban J connectivity index is 1.80. The molecule has 0 saturated carbocycles. The Morgan fingerprint density at radius 3 is 2.77 bits per heavy atom. The number of benzene rings is 2. The molecule has 0 bridgehead atoms. The number of hydrogen-bond donors (Lipinski definition) is 2. The van der Waals surface area contributed by atoms with Crippen molar-refractivity contribution in [2.45, 2.75) is 6.42 Å². The lowest BCUT2D eigenvalue weighted by atomic mass is 10.1. The molecular formula is C18H21N3O. The highest BCUT2D eigenvalue weighted by molar-refractivity contribution is 6.09. The molecule has 0 radical (unpaired) electrons. The van der Waals surface area contributed by atoms with Crippen molar-refractivity contribution in [1.29, 1.82) is 0 Å². The number of aromatic amines is 1. The first-order chi connectivity index (χ1) is 10.6. The first-order valence-corrected chi connectivity index (χ1v) is 7.58. The van der Waals surface area contributed by atoms with Crippen molar-refractivity contribution in [3.05, 3.63) is 48.2 Å². The quantitative estimate of drug-likeness (QED) is 0.711. The summed E-state index contributed by atoms with van der Waals surface area (Å²) in [4.78, 5) is 17.6. The van der Waals surface area contributed by atoms with Gasteiger partial charge in [-0.1, -0.05) is 30.3 Å². The summed E-state index contributed by atoms with van der Waals surface area (Å²) in [5, 5.41) is 6.42. The minimum Gasteiger partial charge on any atom is -0.351 e. The van der Waals surface area contributed by atoms with Crippen LogP contribution < -0.4 is 5.32 Å². The van der Waals surface area contributed by atoms with Crippen LogP contribution in [-0.4, -0.2) is 43.0 Å². The summed E-state index contributed by atoms with van der Waals surface area (Å²) in [5.41, 5.74) is 1.62. The van der Waals surface area contributed by atoms with Crippen LogP contribution in [0.4, 0.5) is 0 Å². The molecule has 1 aromatic heterocycles. The van der Waals surface area contributed by atoms with Crippen LogP contribution in [0.25, 0.3) is 21.7 Å². The lowest BCUT2D eigenvalue weighted by Crippen LogP contribution is -2.27. The Hall–Kier alpha value is -2.33. The maximum absolute atomic E-state index is 12.2. The maximum atomic E-state index is 12.2. The van der Waals surface area contributed by atoms with Gasteiger partial charge in [0.1, 0.15) is 5.69 Å². The number of hydrogen-bond acceptors (Lipinski definition) is 2. The lowest BCUT2D eigenvalue weighted by Gasteiger charge is -2.09. The van der Waals surface area contributed by atoms with Gasteiger partial charge in [0.25, 0.3) is 5.91 Å². The third-order valence-corrected chi connectivity index (χ3v) is 3.84. The summed E-state index contributed by atoms with van der Waals surface area (Å²) in [5.74, 6) is -0.0426. The smallest absolute Gasteiger partial charge is 0.267 e. The first kappa shape index (κ1) is 14.6. The van der Waals surface area contributed by atoms with Gasteiger partial charge in [0.2, 0.25) is 0 Å². The number of carbonyl (C=O) groups excluding carboxylic acids is 1. The van der Waals surface area contributed by atoms with E-state index in [4.69, 9.17) is 0 Å². The fourth-order valence-corrected chi connectivity index (χ4v) is 2.70. The van der Waals surface area contributed by atoms with Crippen LogP contribution in [0.15, 0.2) is 42.5 Å². The van der Waals surface area contributed by atoms with E-state index in [0.29, 0.717) is 12.2 Å². The van der Waals surface area contributed by atoms with E-state index in [2.05, 4.69) is 33.4 Å². The van der Waals surface area contributed by atoms with Crippen molar-refractivity contribution >= 4 is 27.6 Å². The zero-order valence-corrected chi connectivity index (χ0v) is 13.0. The monoisotopic (exact) mass is 295 g/mol. The Labute approximate surface area is 130 Å². The third-order valence-electron chi connectivity index (χ3n) is 3.84. The molecule has 0 atom stereocenters. The van der Waals surface area contributed by atoms with Crippen molar-refractivity contribution in [3.8, 4) is 0 Å². The minimum atomic E-state index is -0.0426. The normalized spacial score (nSPS) is 11.4. The summed E-state index contributed by atoms with van der Waals surface area (Å²) < 4.78 is 0. The Morgan fingerprint density at radius 1 is 1.14 bits per heavy atom. The molecule has 1 amide bonds. The molecule has 2 aromatic carbocycles. The van der Waals surface area contributed by atoms with Gasteiger partial charge in [-0.05, 0) is 50.0 Å². The Kier molecular flexibility index (Phi) is 4.11. The largest absolute Gasteiger partial charge is 0.351 e. The summed E-state index contributed by atoms with van der Waals surface area (Å²) in [6, 6.07) is 14.3. The van der Waals surface area contributed by atoms with Gasteiger partial charge in [-0.15, -0.1) is 0 Å². The molecule has 0 aliphatic heterocycles. The molecule has 4 nitrogen and oxygen atoms in total. The van der Waals surface area contributed by atoms with Gasteiger partial charge in [0.15, 0.2) is 0 Å². The molecular weight excluding hydrogens is 274 g/mol. The van der Waals surface area contributed by atoms with Gasteiger partial charge < -0.3 is 15.2 Å². The molecule has 22 heavy (non-hydrogen) atoms. The fourth-order valence-electron chi connectivity index (χ4n) is 2.70. The van der Waals surface area contributed by atoms with Crippen molar-refractivity contribution in [2.24, 2.45) is 0 Å². The highest BCUT2D eigenvalue weighted by Crippen LogP contribution is 2.25. The summed E-state index contributed by atoms with van der Waals surface area (Å²) in [6.07, 6.45) is 0.946. The number of aromatic nitrogens is 1. The van der Waals surface area contributed by atoms with Gasteiger partial charge in [-0.25, -0.2) is 0 Å². The molecule has 0 aliphatic carbocycles. The molecule has 3 aromatic rings. The molecule has 0 fully saturated rings. The van der Waals surface area contributed by atoms with Gasteiger partial charge >= 0.3 is 0 Å². The van der Waals surface area contributed by atoms with E-state index in [-0.39, 0.29) is 5.91 Å². The van der Waals surface area contributed by atoms with Crippen molar-refractivity contribution in [3.63, 3.8) is 0 Å². The average molecular weight is 295 g/mol. The number of nitrogens with one attached hydrogen (secondary N) is 2. The van der Waals surface area contributed by atoms with Crippen LogP contribution in [-0.2, 0) is 0 Å². The van der Waals surface area contributed by atoms with Crippen LogP contribution in [0, 0.1) is 0 Å². The Bertz CT molecular complexity index is 804. The second kappa shape index (κ2) is 6.20. The van der Waals surface area contributed by atoms with Gasteiger partial charge in [-0.2, -0.15) is 0 Å². The molecule has 2 N–H and O–H groups in total. The van der Waals surface area contributed by atoms with E-state index < -0.39 is 0 Å². The third kappa shape index (κ3) is 2.97. The number of carbonyl (C=O) groups is 1. The zero-order chi connectivity index (χ0) is 15.5. The van der Waals surface area contributed by atoms with Gasteiger partial charge in [0.05, 0.1) is 0 Å². The molecule has 1 heterocycles. The molecule has 3 rings (SSSR count). The molecule has 0 saturated heterocycles. The van der Waals surface area contributed by atoms with Crippen LogP contribution in [0.2, 0.25) is 0 Å². The summed E-state index contributed by atoms with van der Waals surface area (Å²) in [7, 11) is 4.06. The number of amides is 1. The van der Waals surface area contributed by atoms with Crippen molar-refractivity contribution in [1.82, 2.24) is 15.2 Å². The minimum absolute atomic E-state index is 0.0426. The number of H-pyrrole nitrogens is 1. The standard InChI is InChI=1S/C18H21N3O/c1-21(2)11-5-10-19-18(22)17-12-15-14-7-4-3-6-13(14)8-9-16(15)20-17/h3-4,6-9,12,20H,5,10-11H2,1-2H3,(H,19,22). The predicted molar refractivity (Wildman–Crippen MR) is 91.3 cm³/mol. The van der Waals surface area contributed by atoms with Gasteiger partial charge in [-0.3, -0.25) is 4.79 Å². The lowest BCUT2D eigenvalue weighted by molar-refractivity contribution is 0.0948. The second-order valence-corrected chi connectivity index (χ2v) is 5.84. The van der Waals surface area contributed by atoms with Crippen molar-refractivity contribution in [2.75, 3.05) is 27.2 Å². The van der Waals surface area contributed by atoms with Crippen LogP contribution in [0.5, 0.6) is 0 Å². The number of nitrogens with zero attached hydrogens (tertiary/aromatic N) is 1. The van der Waals surface area contributed by atoms with E-state index in [0.717, 1.165) is 23.9 Å². The molecule has 4 heteroatoms. The van der Waals surface area contributed by atoms with E-state index in [1.807, 2.05) is 38.4 Å². The van der Waals surface area contributed by atoms with Crippen LogP contribution in [0.3, 0.4) is 0 Å². The topological polar surface area (TPSA) is 48.1 Å². The van der Waals surface area contributed by atoms with E-state index >= 15 is 0 Å². The second-order valence-electron chi connectivity index (χ2n) is 5.84. The van der Waals surface area contributed by atoms with Crippen LogP contribution >= 0.6 is 0 Å².